The molecule has 1 aliphatic heterocycles. The van der Waals surface area contributed by atoms with Crippen molar-refractivity contribution < 1.29 is 8.42 Å². The van der Waals surface area contributed by atoms with Gasteiger partial charge >= 0.3 is 0 Å². The molecule has 1 heterocycles. The van der Waals surface area contributed by atoms with E-state index in [4.69, 9.17) is 18.0 Å². The van der Waals surface area contributed by atoms with E-state index < -0.39 is 10.0 Å². The molecule has 1 fully saturated rings. The zero-order chi connectivity index (χ0) is 15.5. The summed E-state index contributed by atoms with van der Waals surface area (Å²) >= 11 is 4.94. The molecule has 0 bridgehead atoms. The van der Waals surface area contributed by atoms with Gasteiger partial charge in [-0.1, -0.05) is 43.3 Å². The summed E-state index contributed by atoms with van der Waals surface area (Å²) in [4.78, 5) is 0.289. The molecule has 0 aromatic heterocycles. The number of rotatable bonds is 4. The Morgan fingerprint density at radius 2 is 2.14 bits per heavy atom. The van der Waals surface area contributed by atoms with Crippen molar-refractivity contribution in [2.45, 2.75) is 44.4 Å². The average Bonchev–Trinajstić information content (AvgIpc) is 2.63. The molecule has 21 heavy (non-hydrogen) atoms. The zero-order valence-corrected chi connectivity index (χ0v) is 13.9. The van der Waals surface area contributed by atoms with Crippen LogP contribution in [-0.4, -0.2) is 30.3 Å². The Morgan fingerprint density at radius 1 is 1.38 bits per heavy atom. The van der Waals surface area contributed by atoms with Crippen molar-refractivity contribution in [2.75, 3.05) is 6.54 Å². The second-order valence-corrected chi connectivity index (χ2v) is 7.99. The lowest BCUT2D eigenvalue weighted by molar-refractivity contribution is 0.341. The fraction of sp³-hybridized carbons (Fsp3) is 0.533. The van der Waals surface area contributed by atoms with Crippen molar-refractivity contribution >= 4 is 27.2 Å². The van der Waals surface area contributed by atoms with Crippen LogP contribution in [-0.2, 0) is 15.8 Å². The summed E-state index contributed by atoms with van der Waals surface area (Å²) in [7, 11) is -3.30. The molecule has 1 aliphatic rings. The molecule has 1 aromatic rings. The third-order valence-corrected chi connectivity index (χ3v) is 6.10. The smallest absolute Gasteiger partial charge is 0.218 e. The maximum absolute atomic E-state index is 12.7. The van der Waals surface area contributed by atoms with Crippen molar-refractivity contribution in [3.05, 3.63) is 35.4 Å². The van der Waals surface area contributed by atoms with Gasteiger partial charge in [0.2, 0.25) is 10.0 Å². The second kappa shape index (κ2) is 6.85. The highest BCUT2D eigenvalue weighted by Crippen LogP contribution is 2.22. The van der Waals surface area contributed by atoms with Crippen LogP contribution in [0.15, 0.2) is 24.3 Å². The molecule has 1 atom stereocenters. The highest BCUT2D eigenvalue weighted by atomic mass is 32.2. The summed E-state index contributed by atoms with van der Waals surface area (Å²) in [5.74, 6) is 0.00773. The fourth-order valence-corrected chi connectivity index (χ4v) is 4.72. The standard InChI is InChI=1S/C15H22N2O2S2/c1-12-6-3-2-4-9-17(12)21(18,19)11-13-7-5-8-14(10-13)15(16)20/h5,7-8,10,12H,2-4,6,9,11H2,1H3,(H2,16,20). The Balaban J connectivity index is 2.20. The predicted molar refractivity (Wildman–Crippen MR) is 89.6 cm³/mol. The summed E-state index contributed by atoms with van der Waals surface area (Å²) in [5, 5.41) is 0. The van der Waals surface area contributed by atoms with Gasteiger partial charge in [0.15, 0.2) is 0 Å². The maximum atomic E-state index is 12.7. The molecule has 1 saturated heterocycles. The lowest BCUT2D eigenvalue weighted by Crippen LogP contribution is -2.38. The summed E-state index contributed by atoms with van der Waals surface area (Å²) in [6.45, 7) is 2.62. The average molecular weight is 326 g/mol. The van der Waals surface area contributed by atoms with Gasteiger partial charge in [0.05, 0.1) is 5.75 Å². The minimum Gasteiger partial charge on any atom is -0.389 e. The molecule has 6 heteroatoms. The first-order chi connectivity index (χ1) is 9.90. The molecule has 116 valence electrons. The van der Waals surface area contributed by atoms with Gasteiger partial charge in [-0.2, -0.15) is 4.31 Å². The van der Waals surface area contributed by atoms with Crippen LogP contribution >= 0.6 is 12.2 Å². The van der Waals surface area contributed by atoms with Crippen LogP contribution in [0.5, 0.6) is 0 Å². The Hall–Kier alpha value is -0.980. The lowest BCUT2D eigenvalue weighted by Gasteiger charge is -2.26. The van der Waals surface area contributed by atoms with E-state index >= 15 is 0 Å². The van der Waals surface area contributed by atoms with Gasteiger partial charge in [-0.25, -0.2) is 8.42 Å². The van der Waals surface area contributed by atoms with Crippen LogP contribution in [0.25, 0.3) is 0 Å². The Bertz CT molecular complexity index is 614. The minimum atomic E-state index is -3.30. The number of nitrogens with zero attached hydrogens (tertiary/aromatic N) is 1. The van der Waals surface area contributed by atoms with E-state index in [1.54, 1.807) is 22.5 Å². The molecule has 1 aromatic carbocycles. The molecular weight excluding hydrogens is 304 g/mol. The summed E-state index contributed by atoms with van der Waals surface area (Å²) < 4.78 is 27.0. The molecule has 1 unspecified atom stereocenters. The van der Waals surface area contributed by atoms with Crippen molar-refractivity contribution in [1.29, 1.82) is 0 Å². The van der Waals surface area contributed by atoms with Crippen LogP contribution in [0.2, 0.25) is 0 Å². The number of hydrogen-bond acceptors (Lipinski definition) is 3. The number of nitrogens with two attached hydrogens (primary N) is 1. The van der Waals surface area contributed by atoms with Gasteiger partial charge in [-0.3, -0.25) is 0 Å². The van der Waals surface area contributed by atoms with E-state index in [1.807, 2.05) is 13.0 Å². The number of hydrogen-bond donors (Lipinski definition) is 1. The van der Waals surface area contributed by atoms with E-state index in [0.717, 1.165) is 31.2 Å². The molecule has 0 spiro atoms. The first kappa shape index (κ1) is 16.4. The van der Waals surface area contributed by atoms with Crippen LogP contribution in [0.1, 0.15) is 43.7 Å². The van der Waals surface area contributed by atoms with E-state index in [9.17, 15) is 8.42 Å². The maximum Gasteiger partial charge on any atom is 0.218 e. The predicted octanol–water partition coefficient (Wildman–Crippen LogP) is 2.42. The topological polar surface area (TPSA) is 63.4 Å². The molecule has 0 saturated carbocycles. The van der Waals surface area contributed by atoms with Gasteiger partial charge in [0.25, 0.3) is 0 Å². The van der Waals surface area contributed by atoms with Crippen molar-refractivity contribution in [3.8, 4) is 0 Å². The lowest BCUT2D eigenvalue weighted by atomic mass is 10.1. The second-order valence-electron chi connectivity index (χ2n) is 5.63. The quantitative estimate of drug-likeness (QED) is 0.863. The third kappa shape index (κ3) is 4.25. The SMILES string of the molecule is CC1CCCCCN1S(=O)(=O)Cc1cccc(C(N)=S)c1. The highest BCUT2D eigenvalue weighted by Gasteiger charge is 2.28. The monoisotopic (exact) mass is 326 g/mol. The molecule has 4 nitrogen and oxygen atoms in total. The van der Waals surface area contributed by atoms with Crippen molar-refractivity contribution in [1.82, 2.24) is 4.31 Å². The fourth-order valence-electron chi connectivity index (χ4n) is 2.77. The summed E-state index contributed by atoms with van der Waals surface area (Å²) in [6, 6.07) is 7.25. The largest absolute Gasteiger partial charge is 0.389 e. The highest BCUT2D eigenvalue weighted by molar-refractivity contribution is 7.88. The van der Waals surface area contributed by atoms with Crippen LogP contribution < -0.4 is 5.73 Å². The van der Waals surface area contributed by atoms with Gasteiger partial charge < -0.3 is 5.73 Å². The normalized spacial score (nSPS) is 20.9. The van der Waals surface area contributed by atoms with Crippen LogP contribution in [0, 0.1) is 0 Å². The van der Waals surface area contributed by atoms with E-state index in [1.165, 1.54) is 0 Å². The zero-order valence-electron chi connectivity index (χ0n) is 12.3. The van der Waals surface area contributed by atoms with Crippen molar-refractivity contribution in [2.24, 2.45) is 5.73 Å². The molecule has 0 aliphatic carbocycles. The number of sulfonamides is 1. The van der Waals surface area contributed by atoms with Crippen LogP contribution in [0.4, 0.5) is 0 Å². The van der Waals surface area contributed by atoms with E-state index in [0.29, 0.717) is 12.1 Å². The molecule has 2 rings (SSSR count). The van der Waals surface area contributed by atoms with Gasteiger partial charge in [0, 0.05) is 18.2 Å². The van der Waals surface area contributed by atoms with Crippen molar-refractivity contribution in [3.63, 3.8) is 0 Å². The summed E-state index contributed by atoms with van der Waals surface area (Å²) in [5.41, 5.74) is 7.05. The summed E-state index contributed by atoms with van der Waals surface area (Å²) in [6.07, 6.45) is 4.08. The molecule has 2 N–H and O–H groups in total. The Morgan fingerprint density at radius 3 is 2.86 bits per heavy atom. The van der Waals surface area contributed by atoms with Gasteiger partial charge in [0.1, 0.15) is 4.99 Å². The number of thiocarbonyl (C=S) groups is 1. The van der Waals surface area contributed by atoms with Gasteiger partial charge in [-0.05, 0) is 31.4 Å². The molecule has 0 amide bonds. The molecule has 0 radical (unpaired) electrons. The number of benzene rings is 1. The van der Waals surface area contributed by atoms with Gasteiger partial charge in [-0.15, -0.1) is 0 Å². The molecular formula is C15H22N2O2S2. The Kier molecular flexibility index (Phi) is 5.35. The first-order valence-corrected chi connectivity index (χ1v) is 9.30. The first-order valence-electron chi connectivity index (χ1n) is 7.28. The minimum absolute atomic E-state index is 0.00773. The van der Waals surface area contributed by atoms with E-state index in [-0.39, 0.29) is 16.8 Å². The Labute approximate surface area is 132 Å². The van der Waals surface area contributed by atoms with Crippen LogP contribution in [0.3, 0.4) is 0 Å². The third-order valence-electron chi connectivity index (χ3n) is 3.91. The van der Waals surface area contributed by atoms with E-state index in [2.05, 4.69) is 0 Å².